The molecular weight excluding hydrogens is 413 g/mol. The summed E-state index contributed by atoms with van der Waals surface area (Å²) in [6, 6.07) is 19.0. The molecule has 1 heterocycles. The first-order valence-electron chi connectivity index (χ1n) is 9.96. The highest BCUT2D eigenvalue weighted by molar-refractivity contribution is 5.82. The van der Waals surface area contributed by atoms with Gasteiger partial charge in [0, 0.05) is 13.0 Å². The molecule has 3 aromatic carbocycles. The summed E-state index contributed by atoms with van der Waals surface area (Å²) < 4.78 is 15.4. The minimum atomic E-state index is -1.43. The zero-order valence-electron chi connectivity index (χ0n) is 16.9. The van der Waals surface area contributed by atoms with Crippen LogP contribution in [0.2, 0.25) is 0 Å². The van der Waals surface area contributed by atoms with E-state index in [2.05, 4.69) is 10.3 Å². The molecule has 8 heteroatoms. The Labute approximate surface area is 181 Å². The number of benzene rings is 3. The number of hydrogen-bond donors (Lipinski definition) is 3. The van der Waals surface area contributed by atoms with Crippen molar-refractivity contribution in [1.29, 1.82) is 0 Å². The maximum atomic E-state index is 14.7. The van der Waals surface area contributed by atoms with Crippen LogP contribution < -0.4 is 16.6 Å². The summed E-state index contributed by atoms with van der Waals surface area (Å²) in [6.07, 6.45) is -0.0656. The lowest BCUT2D eigenvalue weighted by Gasteiger charge is -2.16. The molecule has 32 heavy (non-hydrogen) atoms. The van der Waals surface area contributed by atoms with Crippen molar-refractivity contribution in [2.45, 2.75) is 19.0 Å². The molecule has 0 aliphatic rings. The Morgan fingerprint density at radius 1 is 1.00 bits per heavy atom. The summed E-state index contributed by atoms with van der Waals surface area (Å²) >= 11 is 0. The number of halogens is 1. The number of rotatable bonds is 7. The molecule has 4 rings (SSSR count). The average Bonchev–Trinajstić information content (AvgIpc) is 2.79. The molecule has 0 aliphatic carbocycles. The zero-order valence-corrected chi connectivity index (χ0v) is 16.9. The minimum absolute atomic E-state index is 0.0656. The molecular formula is C24H20FN3O4. The lowest BCUT2D eigenvalue weighted by atomic mass is 10.1. The number of carbonyl (C=O) groups is 1. The van der Waals surface area contributed by atoms with E-state index in [1.165, 1.54) is 6.07 Å². The molecule has 162 valence electrons. The molecule has 3 N–H and O–H groups in total. The molecule has 0 unspecified atom stereocenters. The van der Waals surface area contributed by atoms with E-state index >= 15 is 0 Å². The van der Waals surface area contributed by atoms with Gasteiger partial charge in [-0.1, -0.05) is 60.7 Å². The average molecular weight is 433 g/mol. The van der Waals surface area contributed by atoms with Crippen LogP contribution in [0.1, 0.15) is 17.2 Å². The fraction of sp³-hybridized carbons (Fsp3) is 0.125. The molecule has 0 fully saturated rings. The van der Waals surface area contributed by atoms with Crippen LogP contribution in [0.25, 0.3) is 10.9 Å². The predicted octanol–water partition coefficient (Wildman–Crippen LogP) is 3.31. The van der Waals surface area contributed by atoms with Crippen LogP contribution in [0.4, 0.5) is 10.1 Å². The SMILES string of the molecule is O=C(O)[C@H](Cc1ccccc1)n1c(=O)[nH]c2cc(NCc3ccccc3)c(F)cc2c1=O. The molecule has 7 nitrogen and oxygen atoms in total. The first-order valence-corrected chi connectivity index (χ1v) is 9.96. The van der Waals surface area contributed by atoms with Gasteiger partial charge in [-0.05, 0) is 23.3 Å². The number of H-pyrrole nitrogens is 1. The first kappa shape index (κ1) is 21.0. The van der Waals surface area contributed by atoms with Crippen molar-refractivity contribution in [3.05, 3.63) is 111 Å². The van der Waals surface area contributed by atoms with Crippen LogP contribution in [0, 0.1) is 5.82 Å². The van der Waals surface area contributed by atoms with E-state index in [1.807, 2.05) is 30.3 Å². The molecule has 1 atom stereocenters. The largest absolute Gasteiger partial charge is 0.480 e. The predicted molar refractivity (Wildman–Crippen MR) is 119 cm³/mol. The van der Waals surface area contributed by atoms with Gasteiger partial charge in [0.2, 0.25) is 0 Å². The number of anilines is 1. The van der Waals surface area contributed by atoms with Gasteiger partial charge in [0.1, 0.15) is 11.9 Å². The molecule has 0 bridgehead atoms. The number of nitrogens with one attached hydrogen (secondary N) is 2. The highest BCUT2D eigenvalue weighted by Crippen LogP contribution is 2.21. The van der Waals surface area contributed by atoms with Crippen LogP contribution in [0.15, 0.2) is 82.4 Å². The fourth-order valence-electron chi connectivity index (χ4n) is 3.59. The summed E-state index contributed by atoms with van der Waals surface area (Å²) in [4.78, 5) is 40.1. The third kappa shape index (κ3) is 4.29. The highest BCUT2D eigenvalue weighted by Gasteiger charge is 2.25. The van der Waals surface area contributed by atoms with Crippen molar-refractivity contribution in [3.63, 3.8) is 0 Å². The topological polar surface area (TPSA) is 104 Å². The van der Waals surface area contributed by atoms with Crippen LogP contribution in [0.3, 0.4) is 0 Å². The van der Waals surface area contributed by atoms with Gasteiger partial charge in [-0.15, -0.1) is 0 Å². The van der Waals surface area contributed by atoms with E-state index < -0.39 is 29.1 Å². The fourth-order valence-corrected chi connectivity index (χ4v) is 3.59. The summed E-state index contributed by atoms with van der Waals surface area (Å²) in [5.41, 5.74) is 0.0939. The number of fused-ring (bicyclic) bond motifs is 1. The van der Waals surface area contributed by atoms with Gasteiger partial charge in [0.25, 0.3) is 5.56 Å². The van der Waals surface area contributed by atoms with Crippen molar-refractivity contribution >= 4 is 22.6 Å². The number of aromatic nitrogens is 2. The van der Waals surface area contributed by atoms with Crippen molar-refractivity contribution in [3.8, 4) is 0 Å². The second-order valence-electron chi connectivity index (χ2n) is 7.37. The van der Waals surface area contributed by atoms with E-state index in [9.17, 15) is 23.9 Å². The lowest BCUT2D eigenvalue weighted by molar-refractivity contribution is -0.141. The van der Waals surface area contributed by atoms with Gasteiger partial charge in [-0.3, -0.25) is 4.79 Å². The summed E-state index contributed by atoms with van der Waals surface area (Å²) in [6.45, 7) is 0.350. The van der Waals surface area contributed by atoms with Crippen LogP contribution >= 0.6 is 0 Å². The normalized spacial score (nSPS) is 11.9. The monoisotopic (exact) mass is 433 g/mol. The molecule has 0 radical (unpaired) electrons. The molecule has 1 aromatic heterocycles. The first-order chi connectivity index (χ1) is 15.4. The van der Waals surface area contributed by atoms with Gasteiger partial charge in [-0.2, -0.15) is 0 Å². The number of aliphatic carboxylic acids is 1. The molecule has 0 spiro atoms. The Balaban J connectivity index is 1.73. The van der Waals surface area contributed by atoms with Crippen LogP contribution in [-0.4, -0.2) is 20.6 Å². The molecule has 0 aliphatic heterocycles. The second-order valence-corrected chi connectivity index (χ2v) is 7.37. The van der Waals surface area contributed by atoms with Crippen molar-refractivity contribution in [1.82, 2.24) is 9.55 Å². The maximum Gasteiger partial charge on any atom is 0.329 e. The van der Waals surface area contributed by atoms with Gasteiger partial charge in [-0.25, -0.2) is 18.5 Å². The Morgan fingerprint density at radius 2 is 1.62 bits per heavy atom. The highest BCUT2D eigenvalue weighted by atomic mass is 19.1. The Hall–Kier alpha value is -4.20. The Kier molecular flexibility index (Phi) is 5.85. The van der Waals surface area contributed by atoms with Crippen molar-refractivity contribution in [2.24, 2.45) is 0 Å². The van der Waals surface area contributed by atoms with E-state index in [0.29, 0.717) is 16.7 Å². The summed E-state index contributed by atoms with van der Waals surface area (Å²) in [5, 5.41) is 12.5. The smallest absolute Gasteiger partial charge is 0.329 e. The van der Waals surface area contributed by atoms with Gasteiger partial charge >= 0.3 is 11.7 Å². The maximum absolute atomic E-state index is 14.7. The summed E-state index contributed by atoms with van der Waals surface area (Å²) in [7, 11) is 0. The van der Waals surface area contributed by atoms with Gasteiger partial charge in [0.05, 0.1) is 16.6 Å². The second kappa shape index (κ2) is 8.89. The third-order valence-electron chi connectivity index (χ3n) is 5.21. The van der Waals surface area contributed by atoms with E-state index in [-0.39, 0.29) is 23.0 Å². The molecule has 4 aromatic rings. The number of carboxylic acid groups (broad SMARTS) is 1. The number of aromatic amines is 1. The molecule has 0 saturated carbocycles. The number of hydrogen-bond acceptors (Lipinski definition) is 4. The quantitative estimate of drug-likeness (QED) is 0.415. The van der Waals surface area contributed by atoms with Crippen molar-refractivity contribution in [2.75, 3.05) is 5.32 Å². The van der Waals surface area contributed by atoms with E-state index in [0.717, 1.165) is 11.6 Å². The zero-order chi connectivity index (χ0) is 22.7. The number of carboxylic acids is 1. The Morgan fingerprint density at radius 3 is 2.25 bits per heavy atom. The van der Waals surface area contributed by atoms with Crippen LogP contribution in [0.5, 0.6) is 0 Å². The van der Waals surface area contributed by atoms with Gasteiger partial charge < -0.3 is 15.4 Å². The molecule has 0 saturated heterocycles. The lowest BCUT2D eigenvalue weighted by Crippen LogP contribution is -2.41. The third-order valence-corrected chi connectivity index (χ3v) is 5.21. The number of nitrogens with zero attached hydrogens (tertiary/aromatic N) is 1. The summed E-state index contributed by atoms with van der Waals surface area (Å²) in [5.74, 6) is -2.01. The Bertz CT molecular complexity index is 1380. The minimum Gasteiger partial charge on any atom is -0.480 e. The standard InChI is InChI=1S/C24H20FN3O4/c25-18-12-17-19(13-20(18)26-14-16-9-5-2-6-10-16)27-24(32)28(22(17)29)21(23(30)31)11-15-7-3-1-4-8-15/h1-10,12-13,21,26H,11,14H2,(H,27,32)(H,30,31)/t21-/m0/s1. The van der Waals surface area contributed by atoms with Gasteiger partial charge in [0.15, 0.2) is 0 Å². The molecule has 0 amide bonds. The van der Waals surface area contributed by atoms with E-state index in [4.69, 9.17) is 0 Å². The van der Waals surface area contributed by atoms with Crippen LogP contribution in [-0.2, 0) is 17.8 Å². The van der Waals surface area contributed by atoms with Crippen molar-refractivity contribution < 1.29 is 14.3 Å². The van der Waals surface area contributed by atoms with E-state index in [1.54, 1.807) is 30.3 Å².